The van der Waals surface area contributed by atoms with Crippen molar-refractivity contribution in [1.82, 2.24) is 9.97 Å². The van der Waals surface area contributed by atoms with Crippen LogP contribution in [-0.4, -0.2) is 34.1 Å². The second-order valence-electron chi connectivity index (χ2n) is 3.50. The molecular weight excluding hydrogens is 206 g/mol. The maximum atomic E-state index is 10.8. The maximum absolute atomic E-state index is 10.8. The first-order chi connectivity index (χ1) is 7.69. The minimum atomic E-state index is -1.02. The summed E-state index contributed by atoms with van der Waals surface area (Å²) in [4.78, 5) is 20.6. The number of carboxylic acid groups (broad SMARTS) is 1. The minimum Gasteiger partial charge on any atom is -0.477 e. The fraction of sp³-hybridized carbons (Fsp3) is 0.545. The predicted molar refractivity (Wildman–Crippen MR) is 61.8 cm³/mol. The number of unbranched alkanes of at least 4 members (excludes halogenated alkanes) is 1. The Balaban J connectivity index is 2.83. The molecule has 88 valence electrons. The van der Waals surface area contributed by atoms with Gasteiger partial charge in [-0.2, -0.15) is 0 Å². The molecule has 1 N–H and O–H groups in total. The highest BCUT2D eigenvalue weighted by Gasteiger charge is 2.10. The standard InChI is InChI=1S/C11H17N3O2/c1-3-5-6-14(4-2)10-7-9(11(15)16)12-8-13-10/h7-8H,3-6H2,1-2H3,(H,15,16). The summed E-state index contributed by atoms with van der Waals surface area (Å²) in [5, 5.41) is 8.83. The van der Waals surface area contributed by atoms with Crippen molar-refractivity contribution in [2.45, 2.75) is 26.7 Å². The molecule has 0 fully saturated rings. The number of carboxylic acids is 1. The predicted octanol–water partition coefficient (Wildman–Crippen LogP) is 1.80. The molecule has 0 saturated heterocycles. The first kappa shape index (κ1) is 12.4. The monoisotopic (exact) mass is 223 g/mol. The van der Waals surface area contributed by atoms with Crippen molar-refractivity contribution in [1.29, 1.82) is 0 Å². The summed E-state index contributed by atoms with van der Waals surface area (Å²) in [6.07, 6.45) is 3.47. The number of aromatic carboxylic acids is 1. The molecule has 1 aromatic rings. The van der Waals surface area contributed by atoms with Crippen LogP contribution in [0.5, 0.6) is 0 Å². The molecule has 5 nitrogen and oxygen atoms in total. The van der Waals surface area contributed by atoms with E-state index in [2.05, 4.69) is 21.8 Å². The normalized spacial score (nSPS) is 10.1. The van der Waals surface area contributed by atoms with Gasteiger partial charge in [0.15, 0.2) is 5.69 Å². The van der Waals surface area contributed by atoms with Crippen LogP contribution < -0.4 is 4.90 Å². The second-order valence-corrected chi connectivity index (χ2v) is 3.50. The van der Waals surface area contributed by atoms with E-state index in [0.717, 1.165) is 25.9 Å². The SMILES string of the molecule is CCCCN(CC)c1cc(C(=O)O)ncn1. The highest BCUT2D eigenvalue weighted by molar-refractivity contribution is 5.86. The molecule has 0 unspecified atom stereocenters. The highest BCUT2D eigenvalue weighted by atomic mass is 16.4. The molecule has 0 aliphatic carbocycles. The van der Waals surface area contributed by atoms with E-state index in [1.165, 1.54) is 12.4 Å². The summed E-state index contributed by atoms with van der Waals surface area (Å²) >= 11 is 0. The van der Waals surface area contributed by atoms with Crippen molar-refractivity contribution in [3.8, 4) is 0 Å². The van der Waals surface area contributed by atoms with Crippen LogP contribution in [0.2, 0.25) is 0 Å². The Labute approximate surface area is 95.1 Å². The van der Waals surface area contributed by atoms with Crippen LogP contribution in [0.3, 0.4) is 0 Å². The molecule has 16 heavy (non-hydrogen) atoms. The molecular formula is C11H17N3O2. The Hall–Kier alpha value is -1.65. The third-order valence-electron chi connectivity index (χ3n) is 2.36. The van der Waals surface area contributed by atoms with Gasteiger partial charge in [-0.1, -0.05) is 13.3 Å². The van der Waals surface area contributed by atoms with Crippen molar-refractivity contribution in [2.24, 2.45) is 0 Å². The van der Waals surface area contributed by atoms with Crippen LogP contribution in [0.25, 0.3) is 0 Å². The van der Waals surface area contributed by atoms with Crippen LogP contribution in [0.1, 0.15) is 37.2 Å². The summed E-state index contributed by atoms with van der Waals surface area (Å²) in [6, 6.07) is 1.52. The number of anilines is 1. The third-order valence-corrected chi connectivity index (χ3v) is 2.36. The van der Waals surface area contributed by atoms with Crippen LogP contribution >= 0.6 is 0 Å². The number of carbonyl (C=O) groups is 1. The van der Waals surface area contributed by atoms with Crippen molar-refractivity contribution in [3.63, 3.8) is 0 Å². The van der Waals surface area contributed by atoms with Crippen LogP contribution in [0, 0.1) is 0 Å². The Bertz CT molecular complexity index is 355. The molecule has 1 heterocycles. The van der Waals surface area contributed by atoms with E-state index < -0.39 is 5.97 Å². The summed E-state index contributed by atoms with van der Waals surface area (Å²) in [5.74, 6) is -0.335. The maximum Gasteiger partial charge on any atom is 0.354 e. The summed E-state index contributed by atoms with van der Waals surface area (Å²) in [7, 11) is 0. The molecule has 5 heteroatoms. The topological polar surface area (TPSA) is 66.3 Å². The van der Waals surface area contributed by atoms with E-state index in [4.69, 9.17) is 5.11 Å². The van der Waals surface area contributed by atoms with Crippen molar-refractivity contribution >= 4 is 11.8 Å². The quantitative estimate of drug-likeness (QED) is 0.796. The van der Waals surface area contributed by atoms with Crippen molar-refractivity contribution in [2.75, 3.05) is 18.0 Å². The molecule has 1 aromatic heterocycles. The lowest BCUT2D eigenvalue weighted by atomic mass is 10.3. The molecule has 0 aromatic carbocycles. The van der Waals surface area contributed by atoms with Crippen molar-refractivity contribution < 1.29 is 9.90 Å². The van der Waals surface area contributed by atoms with Gasteiger partial charge in [-0.25, -0.2) is 14.8 Å². The van der Waals surface area contributed by atoms with Gasteiger partial charge >= 0.3 is 5.97 Å². The summed E-state index contributed by atoms with van der Waals surface area (Å²) < 4.78 is 0. The fourth-order valence-corrected chi connectivity index (χ4v) is 1.42. The number of hydrogen-bond acceptors (Lipinski definition) is 4. The average molecular weight is 223 g/mol. The number of rotatable bonds is 6. The zero-order valence-corrected chi connectivity index (χ0v) is 9.68. The highest BCUT2D eigenvalue weighted by Crippen LogP contribution is 2.11. The van der Waals surface area contributed by atoms with E-state index in [-0.39, 0.29) is 5.69 Å². The van der Waals surface area contributed by atoms with Gasteiger partial charge in [0.05, 0.1) is 0 Å². The van der Waals surface area contributed by atoms with Crippen molar-refractivity contribution in [3.05, 3.63) is 18.1 Å². The molecule has 0 aliphatic heterocycles. The fourth-order valence-electron chi connectivity index (χ4n) is 1.42. The lowest BCUT2D eigenvalue weighted by molar-refractivity contribution is 0.0690. The van der Waals surface area contributed by atoms with Gasteiger partial charge < -0.3 is 10.0 Å². The summed E-state index contributed by atoms with van der Waals surface area (Å²) in [6.45, 7) is 5.86. The largest absolute Gasteiger partial charge is 0.477 e. The Kier molecular flexibility index (Phi) is 4.69. The summed E-state index contributed by atoms with van der Waals surface area (Å²) in [5.41, 5.74) is 0.0416. The van der Waals surface area contributed by atoms with Crippen LogP contribution in [0.15, 0.2) is 12.4 Å². The molecule has 1 rings (SSSR count). The van der Waals surface area contributed by atoms with Crippen LogP contribution in [0.4, 0.5) is 5.82 Å². The third kappa shape index (κ3) is 3.18. The van der Waals surface area contributed by atoms with Gasteiger partial charge in [0.1, 0.15) is 12.1 Å². The number of nitrogens with zero attached hydrogens (tertiary/aromatic N) is 3. The zero-order valence-electron chi connectivity index (χ0n) is 9.68. The Morgan fingerprint density at radius 3 is 2.75 bits per heavy atom. The Morgan fingerprint density at radius 2 is 2.19 bits per heavy atom. The van der Waals surface area contributed by atoms with Crippen LogP contribution in [-0.2, 0) is 0 Å². The molecule has 0 amide bonds. The van der Waals surface area contributed by atoms with E-state index in [9.17, 15) is 4.79 Å². The van der Waals surface area contributed by atoms with E-state index in [1.807, 2.05) is 6.92 Å². The van der Waals surface area contributed by atoms with Gasteiger partial charge in [0.2, 0.25) is 0 Å². The van der Waals surface area contributed by atoms with E-state index >= 15 is 0 Å². The van der Waals surface area contributed by atoms with Gasteiger partial charge in [-0.15, -0.1) is 0 Å². The molecule has 0 atom stereocenters. The number of aromatic nitrogens is 2. The minimum absolute atomic E-state index is 0.0416. The smallest absolute Gasteiger partial charge is 0.354 e. The molecule has 0 aliphatic rings. The van der Waals surface area contributed by atoms with E-state index in [0.29, 0.717) is 5.82 Å². The lowest BCUT2D eigenvalue weighted by Gasteiger charge is -2.21. The van der Waals surface area contributed by atoms with Gasteiger partial charge in [-0.3, -0.25) is 0 Å². The molecule has 0 radical (unpaired) electrons. The zero-order chi connectivity index (χ0) is 12.0. The second kappa shape index (κ2) is 6.05. The Morgan fingerprint density at radius 1 is 1.44 bits per heavy atom. The first-order valence-electron chi connectivity index (χ1n) is 5.49. The van der Waals surface area contributed by atoms with Gasteiger partial charge in [0, 0.05) is 19.2 Å². The average Bonchev–Trinajstić information content (AvgIpc) is 2.30. The van der Waals surface area contributed by atoms with Gasteiger partial charge in [0.25, 0.3) is 0 Å². The first-order valence-corrected chi connectivity index (χ1v) is 5.49. The van der Waals surface area contributed by atoms with E-state index in [1.54, 1.807) is 0 Å². The molecule has 0 saturated carbocycles. The molecule has 0 spiro atoms. The number of hydrogen-bond donors (Lipinski definition) is 1. The lowest BCUT2D eigenvalue weighted by Crippen LogP contribution is -2.25. The molecule has 0 bridgehead atoms. The van der Waals surface area contributed by atoms with Gasteiger partial charge in [-0.05, 0) is 13.3 Å².